The molecule has 3 heterocycles. The highest BCUT2D eigenvalue weighted by Gasteiger charge is 2.14. The van der Waals surface area contributed by atoms with Crippen LogP contribution in [0.3, 0.4) is 0 Å². The molecule has 0 atom stereocenters. The summed E-state index contributed by atoms with van der Waals surface area (Å²) in [5.74, 6) is 0.828. The number of carbonyl (C=O) groups excluding carboxylic acids is 1. The first-order valence-electron chi connectivity index (χ1n) is 6.41. The van der Waals surface area contributed by atoms with Crippen LogP contribution in [0, 0.1) is 6.92 Å². The molecule has 0 aromatic carbocycles. The molecule has 0 aliphatic carbocycles. The molecule has 1 N–H and O–H groups in total. The van der Waals surface area contributed by atoms with E-state index in [-0.39, 0.29) is 5.91 Å². The van der Waals surface area contributed by atoms with Crippen LogP contribution in [0.25, 0.3) is 5.65 Å². The van der Waals surface area contributed by atoms with Gasteiger partial charge in [0.2, 0.25) is 0 Å². The first-order valence-corrected chi connectivity index (χ1v) is 6.41. The highest BCUT2D eigenvalue weighted by molar-refractivity contribution is 5.99. The largest absolute Gasteiger partial charge is 0.350 e. The number of hydrogen-bond acceptors (Lipinski definition) is 3. The van der Waals surface area contributed by atoms with E-state index in [2.05, 4.69) is 15.4 Å². The number of nitrogens with zero attached hydrogens (tertiary/aromatic N) is 5. The van der Waals surface area contributed by atoms with Gasteiger partial charge in [0.1, 0.15) is 17.0 Å². The predicted molar refractivity (Wildman–Crippen MR) is 73.5 cm³/mol. The van der Waals surface area contributed by atoms with E-state index in [4.69, 9.17) is 0 Å². The Morgan fingerprint density at radius 3 is 2.95 bits per heavy atom. The van der Waals surface area contributed by atoms with E-state index >= 15 is 0 Å². The summed E-state index contributed by atoms with van der Waals surface area (Å²) in [7, 11) is 1.89. The number of fused-ring (bicyclic) bond motifs is 1. The Hall–Kier alpha value is -2.57. The van der Waals surface area contributed by atoms with Gasteiger partial charge in [-0.1, -0.05) is 0 Å². The van der Waals surface area contributed by atoms with Crippen molar-refractivity contribution in [3.8, 4) is 0 Å². The summed E-state index contributed by atoms with van der Waals surface area (Å²) in [6, 6.07) is 0. The molecule has 20 heavy (non-hydrogen) atoms. The van der Waals surface area contributed by atoms with Gasteiger partial charge in [-0.3, -0.25) is 4.79 Å². The molecule has 0 aliphatic rings. The Morgan fingerprint density at radius 2 is 2.20 bits per heavy atom. The zero-order valence-electron chi connectivity index (χ0n) is 11.4. The second kappa shape index (κ2) is 4.84. The molecule has 3 aromatic heterocycles. The lowest BCUT2D eigenvalue weighted by molar-refractivity contribution is 0.0953. The minimum absolute atomic E-state index is 0.112. The van der Waals surface area contributed by atoms with Gasteiger partial charge in [-0.2, -0.15) is 5.10 Å². The molecule has 0 spiro atoms. The van der Waals surface area contributed by atoms with Crippen molar-refractivity contribution in [1.29, 1.82) is 0 Å². The monoisotopic (exact) mass is 272 g/mol. The summed E-state index contributed by atoms with van der Waals surface area (Å²) in [6.07, 6.45) is 8.93. The van der Waals surface area contributed by atoms with Crippen LogP contribution in [0.5, 0.6) is 0 Å². The van der Waals surface area contributed by atoms with Gasteiger partial charge >= 0.3 is 0 Å². The van der Waals surface area contributed by atoms with Crippen LogP contribution in [-0.4, -0.2) is 36.2 Å². The Balaban J connectivity index is 1.67. The molecular weight excluding hydrogens is 256 g/mol. The summed E-state index contributed by atoms with van der Waals surface area (Å²) in [5.41, 5.74) is 1.38. The second-order valence-corrected chi connectivity index (χ2v) is 4.66. The maximum atomic E-state index is 12.2. The van der Waals surface area contributed by atoms with E-state index in [9.17, 15) is 4.79 Å². The fraction of sp³-hybridized carbons (Fsp3) is 0.308. The normalized spacial score (nSPS) is 11.1. The average molecular weight is 272 g/mol. The Labute approximate surface area is 115 Å². The number of aromatic nitrogens is 5. The SMILES string of the molecule is Cc1nccn1CCNC(=O)c1cnn2ccn(C)c12. The zero-order valence-corrected chi connectivity index (χ0v) is 11.4. The summed E-state index contributed by atoms with van der Waals surface area (Å²) in [4.78, 5) is 16.3. The van der Waals surface area contributed by atoms with Gasteiger partial charge in [0, 0.05) is 44.9 Å². The number of carbonyl (C=O) groups is 1. The molecule has 0 saturated carbocycles. The maximum absolute atomic E-state index is 12.2. The third-order valence-corrected chi connectivity index (χ3v) is 3.34. The van der Waals surface area contributed by atoms with Crippen molar-refractivity contribution in [2.45, 2.75) is 13.5 Å². The molecule has 0 aliphatic heterocycles. The van der Waals surface area contributed by atoms with Gasteiger partial charge in [0.25, 0.3) is 5.91 Å². The summed E-state index contributed by atoms with van der Waals surface area (Å²) >= 11 is 0. The quantitative estimate of drug-likeness (QED) is 0.756. The highest BCUT2D eigenvalue weighted by Crippen LogP contribution is 2.10. The van der Waals surface area contributed by atoms with Crippen LogP contribution in [0.2, 0.25) is 0 Å². The molecule has 0 radical (unpaired) electrons. The van der Waals surface area contributed by atoms with Crippen LogP contribution >= 0.6 is 0 Å². The summed E-state index contributed by atoms with van der Waals surface area (Å²) < 4.78 is 5.56. The second-order valence-electron chi connectivity index (χ2n) is 4.66. The molecule has 3 rings (SSSR count). The minimum atomic E-state index is -0.112. The molecule has 0 unspecified atom stereocenters. The highest BCUT2D eigenvalue weighted by atomic mass is 16.1. The van der Waals surface area contributed by atoms with E-state index in [0.29, 0.717) is 18.7 Å². The lowest BCUT2D eigenvalue weighted by Gasteiger charge is -2.06. The van der Waals surface area contributed by atoms with Crippen molar-refractivity contribution in [2.75, 3.05) is 6.54 Å². The van der Waals surface area contributed by atoms with Gasteiger partial charge in [-0.15, -0.1) is 0 Å². The van der Waals surface area contributed by atoms with Crippen molar-refractivity contribution >= 4 is 11.6 Å². The Morgan fingerprint density at radius 1 is 1.35 bits per heavy atom. The Bertz CT molecular complexity index is 750. The minimum Gasteiger partial charge on any atom is -0.350 e. The fourth-order valence-electron chi connectivity index (χ4n) is 2.24. The molecular formula is C13H16N6O. The van der Waals surface area contributed by atoms with E-state index < -0.39 is 0 Å². The molecule has 0 saturated heterocycles. The smallest absolute Gasteiger partial charge is 0.256 e. The third kappa shape index (κ3) is 2.07. The summed E-state index contributed by atoms with van der Waals surface area (Å²) in [5, 5.41) is 7.06. The predicted octanol–water partition coefficient (Wildman–Crippen LogP) is 0.608. The molecule has 7 nitrogen and oxygen atoms in total. The van der Waals surface area contributed by atoms with Gasteiger partial charge in [0.05, 0.1) is 6.20 Å². The topological polar surface area (TPSA) is 69.2 Å². The average Bonchev–Trinajstić information content (AvgIpc) is 3.09. The lowest BCUT2D eigenvalue weighted by Crippen LogP contribution is -2.27. The zero-order chi connectivity index (χ0) is 14.1. The first kappa shape index (κ1) is 12.5. The number of hydrogen-bond donors (Lipinski definition) is 1. The van der Waals surface area contributed by atoms with Crippen LogP contribution in [0.1, 0.15) is 16.2 Å². The van der Waals surface area contributed by atoms with Gasteiger partial charge < -0.3 is 14.5 Å². The lowest BCUT2D eigenvalue weighted by atomic mass is 10.3. The van der Waals surface area contributed by atoms with Gasteiger partial charge in [0.15, 0.2) is 0 Å². The number of aryl methyl sites for hydroxylation is 2. The van der Waals surface area contributed by atoms with Crippen molar-refractivity contribution in [2.24, 2.45) is 7.05 Å². The molecule has 0 bridgehead atoms. The van der Waals surface area contributed by atoms with Gasteiger partial charge in [-0.05, 0) is 6.92 Å². The number of nitrogens with one attached hydrogen (secondary N) is 1. The molecule has 7 heteroatoms. The number of amides is 1. The van der Waals surface area contributed by atoms with Crippen LogP contribution in [0.15, 0.2) is 31.0 Å². The molecule has 1 amide bonds. The third-order valence-electron chi connectivity index (χ3n) is 3.34. The van der Waals surface area contributed by atoms with Crippen LogP contribution in [0.4, 0.5) is 0 Å². The molecule has 0 fully saturated rings. The standard InChI is InChI=1S/C13H16N6O/c1-10-14-3-5-18(10)6-4-15-12(20)11-9-16-19-8-7-17(2)13(11)19/h3,5,7-9H,4,6H2,1-2H3,(H,15,20). The maximum Gasteiger partial charge on any atom is 0.256 e. The van der Waals surface area contributed by atoms with Crippen LogP contribution < -0.4 is 5.32 Å². The fourth-order valence-corrected chi connectivity index (χ4v) is 2.24. The number of imidazole rings is 2. The van der Waals surface area contributed by atoms with Crippen molar-refractivity contribution in [3.63, 3.8) is 0 Å². The van der Waals surface area contributed by atoms with Crippen molar-refractivity contribution in [1.82, 2.24) is 29.0 Å². The van der Waals surface area contributed by atoms with E-state index in [0.717, 1.165) is 11.5 Å². The van der Waals surface area contributed by atoms with E-state index in [1.165, 1.54) is 0 Å². The Kier molecular flexibility index (Phi) is 3.02. The van der Waals surface area contributed by atoms with Crippen molar-refractivity contribution < 1.29 is 4.79 Å². The molecule has 3 aromatic rings. The van der Waals surface area contributed by atoms with E-state index in [1.807, 2.05) is 41.7 Å². The van der Waals surface area contributed by atoms with E-state index in [1.54, 1.807) is 16.9 Å². The van der Waals surface area contributed by atoms with Gasteiger partial charge in [-0.25, -0.2) is 9.50 Å². The first-order chi connectivity index (χ1) is 9.66. The molecule has 104 valence electrons. The van der Waals surface area contributed by atoms with Crippen molar-refractivity contribution in [3.05, 3.63) is 42.4 Å². The van der Waals surface area contributed by atoms with Crippen LogP contribution in [-0.2, 0) is 13.6 Å². The summed E-state index contributed by atoms with van der Waals surface area (Å²) in [6.45, 7) is 3.19. The number of rotatable bonds is 4.